The smallest absolute Gasteiger partial charge is 0.220 e. The maximum Gasteiger partial charge on any atom is 0.220 e. The third-order valence-corrected chi connectivity index (χ3v) is 4.11. The van der Waals surface area contributed by atoms with E-state index in [-0.39, 0.29) is 17.9 Å². The van der Waals surface area contributed by atoms with E-state index in [0.29, 0.717) is 39.1 Å². The summed E-state index contributed by atoms with van der Waals surface area (Å²) < 4.78 is 11.0. The first-order valence-corrected chi connectivity index (χ1v) is 7.76. The number of rotatable bonds is 5. The van der Waals surface area contributed by atoms with Crippen LogP contribution in [0.25, 0.3) is 0 Å². The molecule has 1 fully saturated rings. The molecule has 0 aromatic heterocycles. The first kappa shape index (κ1) is 15.1. The van der Waals surface area contributed by atoms with E-state index in [1.54, 1.807) is 0 Å². The number of nitrogens with one attached hydrogen (secondary N) is 2. The third kappa shape index (κ3) is 3.69. The molecule has 3 rings (SSSR count). The Labute approximate surface area is 129 Å². The van der Waals surface area contributed by atoms with Gasteiger partial charge in [0.2, 0.25) is 5.91 Å². The van der Waals surface area contributed by atoms with Crippen LogP contribution in [-0.2, 0) is 11.2 Å². The van der Waals surface area contributed by atoms with Crippen LogP contribution in [0, 0.1) is 5.92 Å². The first-order chi connectivity index (χ1) is 10.7. The summed E-state index contributed by atoms with van der Waals surface area (Å²) >= 11 is 0. The normalized spacial score (nSPS) is 23.3. The summed E-state index contributed by atoms with van der Waals surface area (Å²) in [6.07, 6.45) is 0.724. The molecule has 2 atom stereocenters. The van der Waals surface area contributed by atoms with Gasteiger partial charge in [0.1, 0.15) is 13.2 Å². The summed E-state index contributed by atoms with van der Waals surface area (Å²) in [6, 6.07) is 5.79. The fourth-order valence-corrected chi connectivity index (χ4v) is 2.76. The number of hydrogen-bond donors (Lipinski definition) is 3. The topological polar surface area (TPSA) is 79.8 Å². The van der Waals surface area contributed by atoms with Gasteiger partial charge in [-0.05, 0) is 24.1 Å². The molecule has 0 spiro atoms. The summed E-state index contributed by atoms with van der Waals surface area (Å²) in [7, 11) is 0. The Kier molecular flexibility index (Phi) is 4.80. The average molecular weight is 306 g/mol. The number of carbonyl (C=O) groups is 1. The molecule has 1 aromatic carbocycles. The Bertz CT molecular complexity index is 535. The minimum absolute atomic E-state index is 0.00832. The third-order valence-electron chi connectivity index (χ3n) is 4.11. The lowest BCUT2D eigenvalue weighted by molar-refractivity contribution is -0.121. The number of aliphatic hydroxyl groups is 1. The van der Waals surface area contributed by atoms with Crippen LogP contribution < -0.4 is 20.1 Å². The molecule has 2 unspecified atom stereocenters. The lowest BCUT2D eigenvalue weighted by Crippen LogP contribution is -2.34. The molecule has 0 radical (unpaired) electrons. The number of carbonyl (C=O) groups excluding carboxylic acids is 1. The van der Waals surface area contributed by atoms with Gasteiger partial charge in [-0.25, -0.2) is 0 Å². The molecule has 2 heterocycles. The first-order valence-electron chi connectivity index (χ1n) is 7.76. The van der Waals surface area contributed by atoms with E-state index in [1.165, 1.54) is 0 Å². The van der Waals surface area contributed by atoms with Gasteiger partial charge in [0.15, 0.2) is 11.5 Å². The van der Waals surface area contributed by atoms with Crippen molar-refractivity contribution in [2.24, 2.45) is 5.92 Å². The van der Waals surface area contributed by atoms with Gasteiger partial charge in [-0.2, -0.15) is 0 Å². The number of β-amino-alcohol motifs (C(OH)–C–C–N with tert-alkyl or cyclic N) is 1. The van der Waals surface area contributed by atoms with Gasteiger partial charge >= 0.3 is 0 Å². The minimum Gasteiger partial charge on any atom is -0.486 e. The maximum absolute atomic E-state index is 11.9. The number of fused-ring (bicyclic) bond motifs is 1. The molecule has 1 saturated heterocycles. The Hall–Kier alpha value is -1.79. The molecule has 0 bridgehead atoms. The van der Waals surface area contributed by atoms with E-state index in [9.17, 15) is 9.90 Å². The zero-order chi connectivity index (χ0) is 15.4. The highest BCUT2D eigenvalue weighted by atomic mass is 16.6. The number of hydrogen-bond acceptors (Lipinski definition) is 5. The van der Waals surface area contributed by atoms with E-state index in [4.69, 9.17) is 9.47 Å². The van der Waals surface area contributed by atoms with Gasteiger partial charge in [0, 0.05) is 32.0 Å². The highest BCUT2D eigenvalue weighted by Gasteiger charge is 2.24. The van der Waals surface area contributed by atoms with E-state index in [2.05, 4.69) is 10.6 Å². The van der Waals surface area contributed by atoms with Crippen LogP contribution in [-0.4, -0.2) is 50.0 Å². The van der Waals surface area contributed by atoms with Crippen molar-refractivity contribution in [3.63, 3.8) is 0 Å². The van der Waals surface area contributed by atoms with Crippen molar-refractivity contribution in [3.05, 3.63) is 23.8 Å². The highest BCUT2D eigenvalue weighted by molar-refractivity contribution is 5.76. The lowest BCUT2D eigenvalue weighted by atomic mass is 10.1. The summed E-state index contributed by atoms with van der Waals surface area (Å²) in [6.45, 7) is 3.03. The SMILES string of the molecule is O=C(CCc1ccc2c(c1)OCCO2)NCC1CNCC1O. The Morgan fingerprint density at radius 1 is 1.27 bits per heavy atom. The number of ether oxygens (including phenoxy) is 2. The van der Waals surface area contributed by atoms with Gasteiger partial charge in [-0.3, -0.25) is 4.79 Å². The zero-order valence-corrected chi connectivity index (χ0v) is 12.5. The monoisotopic (exact) mass is 306 g/mol. The van der Waals surface area contributed by atoms with Crippen molar-refractivity contribution >= 4 is 5.91 Å². The van der Waals surface area contributed by atoms with Crippen LogP contribution >= 0.6 is 0 Å². The Morgan fingerprint density at radius 2 is 2.09 bits per heavy atom. The molecule has 120 valence electrons. The van der Waals surface area contributed by atoms with Gasteiger partial charge in [0.25, 0.3) is 0 Å². The molecule has 0 saturated carbocycles. The second-order valence-electron chi connectivity index (χ2n) is 5.77. The summed E-state index contributed by atoms with van der Waals surface area (Å²) in [5, 5.41) is 15.7. The van der Waals surface area contributed by atoms with Crippen molar-refractivity contribution in [1.29, 1.82) is 0 Å². The van der Waals surface area contributed by atoms with Crippen LogP contribution in [0.2, 0.25) is 0 Å². The van der Waals surface area contributed by atoms with E-state index in [0.717, 1.165) is 23.6 Å². The standard InChI is InChI=1S/C16H22N2O4/c19-13-10-17-8-12(13)9-18-16(20)4-2-11-1-3-14-15(7-11)22-6-5-21-14/h1,3,7,12-13,17,19H,2,4-6,8-10H2,(H,18,20). The van der Waals surface area contributed by atoms with Crippen molar-refractivity contribution in [3.8, 4) is 11.5 Å². The molecule has 2 aliphatic heterocycles. The van der Waals surface area contributed by atoms with E-state index in [1.807, 2.05) is 18.2 Å². The molecule has 0 aliphatic carbocycles. The second-order valence-corrected chi connectivity index (χ2v) is 5.77. The van der Waals surface area contributed by atoms with Crippen molar-refractivity contribution in [1.82, 2.24) is 10.6 Å². The van der Waals surface area contributed by atoms with E-state index < -0.39 is 0 Å². The van der Waals surface area contributed by atoms with Gasteiger partial charge in [-0.1, -0.05) is 6.07 Å². The van der Waals surface area contributed by atoms with Crippen molar-refractivity contribution in [2.45, 2.75) is 18.9 Å². The largest absolute Gasteiger partial charge is 0.486 e. The average Bonchev–Trinajstić information content (AvgIpc) is 2.96. The van der Waals surface area contributed by atoms with Crippen LogP contribution in [0.1, 0.15) is 12.0 Å². The molecule has 22 heavy (non-hydrogen) atoms. The molecular weight excluding hydrogens is 284 g/mol. The number of amides is 1. The second kappa shape index (κ2) is 6.98. The van der Waals surface area contributed by atoms with Gasteiger partial charge in [0.05, 0.1) is 6.10 Å². The predicted octanol–water partition coefficient (Wildman–Crippen LogP) is 0.0869. The summed E-state index contributed by atoms with van der Waals surface area (Å²) in [4.78, 5) is 11.9. The zero-order valence-electron chi connectivity index (χ0n) is 12.5. The number of benzene rings is 1. The lowest BCUT2D eigenvalue weighted by Gasteiger charge is -2.19. The van der Waals surface area contributed by atoms with Crippen molar-refractivity contribution < 1.29 is 19.4 Å². The van der Waals surface area contributed by atoms with Gasteiger partial charge in [-0.15, -0.1) is 0 Å². The van der Waals surface area contributed by atoms with Crippen LogP contribution in [0.3, 0.4) is 0 Å². The number of aryl methyl sites for hydroxylation is 1. The molecule has 6 heteroatoms. The Balaban J connectivity index is 1.44. The maximum atomic E-state index is 11.9. The molecule has 2 aliphatic rings. The summed E-state index contributed by atoms with van der Waals surface area (Å²) in [5.74, 6) is 1.64. The van der Waals surface area contributed by atoms with Crippen LogP contribution in [0.4, 0.5) is 0 Å². The fourth-order valence-electron chi connectivity index (χ4n) is 2.76. The Morgan fingerprint density at radius 3 is 2.86 bits per heavy atom. The fraction of sp³-hybridized carbons (Fsp3) is 0.562. The van der Waals surface area contributed by atoms with Crippen molar-refractivity contribution in [2.75, 3.05) is 32.8 Å². The highest BCUT2D eigenvalue weighted by Crippen LogP contribution is 2.31. The molecular formula is C16H22N2O4. The van der Waals surface area contributed by atoms with Gasteiger partial charge < -0.3 is 25.2 Å². The predicted molar refractivity (Wildman–Crippen MR) is 81.1 cm³/mol. The van der Waals surface area contributed by atoms with Crippen LogP contribution in [0.5, 0.6) is 11.5 Å². The minimum atomic E-state index is -0.363. The van der Waals surface area contributed by atoms with Crippen LogP contribution in [0.15, 0.2) is 18.2 Å². The molecule has 1 amide bonds. The summed E-state index contributed by atoms with van der Waals surface area (Å²) in [5.41, 5.74) is 1.06. The quantitative estimate of drug-likeness (QED) is 0.718. The number of aliphatic hydroxyl groups excluding tert-OH is 1. The molecule has 6 nitrogen and oxygen atoms in total. The molecule has 3 N–H and O–H groups in total. The van der Waals surface area contributed by atoms with E-state index >= 15 is 0 Å². The molecule has 1 aromatic rings.